The zero-order chi connectivity index (χ0) is 12.0. The molecule has 0 fully saturated rings. The van der Waals surface area contributed by atoms with Crippen molar-refractivity contribution < 1.29 is 14.6 Å². The fourth-order valence-electron chi connectivity index (χ4n) is 1.38. The SMILES string of the molecule is CC(C)OC(=O)[C@H](O)CCc1ccccc1. The Bertz CT molecular complexity index is 319. The Labute approximate surface area is 96.1 Å². The van der Waals surface area contributed by atoms with Crippen LogP contribution in [0.2, 0.25) is 0 Å². The minimum atomic E-state index is -1.03. The molecule has 1 aromatic carbocycles. The Kier molecular flexibility index (Phi) is 4.99. The molecule has 0 radical (unpaired) electrons. The molecule has 0 spiro atoms. The minimum absolute atomic E-state index is 0.182. The lowest BCUT2D eigenvalue weighted by Crippen LogP contribution is -2.26. The summed E-state index contributed by atoms with van der Waals surface area (Å²) in [7, 11) is 0. The highest BCUT2D eigenvalue weighted by Gasteiger charge is 2.17. The summed E-state index contributed by atoms with van der Waals surface area (Å²) >= 11 is 0. The second-order valence-electron chi connectivity index (χ2n) is 4.03. The van der Waals surface area contributed by atoms with Gasteiger partial charge in [0.25, 0.3) is 0 Å². The van der Waals surface area contributed by atoms with Gasteiger partial charge in [0, 0.05) is 0 Å². The molecule has 0 saturated carbocycles. The molecule has 3 nitrogen and oxygen atoms in total. The van der Waals surface area contributed by atoms with Crippen molar-refractivity contribution in [1.29, 1.82) is 0 Å². The van der Waals surface area contributed by atoms with Crippen molar-refractivity contribution in [3.05, 3.63) is 35.9 Å². The highest BCUT2D eigenvalue weighted by Crippen LogP contribution is 2.06. The van der Waals surface area contributed by atoms with E-state index in [2.05, 4.69) is 0 Å². The van der Waals surface area contributed by atoms with Gasteiger partial charge in [-0.05, 0) is 32.3 Å². The van der Waals surface area contributed by atoms with E-state index in [0.717, 1.165) is 5.56 Å². The molecule has 0 bridgehead atoms. The fraction of sp³-hybridized carbons (Fsp3) is 0.462. The Morgan fingerprint density at radius 1 is 1.31 bits per heavy atom. The standard InChI is InChI=1S/C13H18O3/c1-10(2)16-13(15)12(14)9-8-11-6-4-3-5-7-11/h3-7,10,12,14H,8-9H2,1-2H3/t12-/m1/s1. The average molecular weight is 222 g/mol. The van der Waals surface area contributed by atoms with Gasteiger partial charge in [-0.15, -0.1) is 0 Å². The molecule has 0 aliphatic carbocycles. The van der Waals surface area contributed by atoms with E-state index >= 15 is 0 Å². The van der Waals surface area contributed by atoms with Crippen LogP contribution in [0.5, 0.6) is 0 Å². The van der Waals surface area contributed by atoms with Crippen LogP contribution in [0.15, 0.2) is 30.3 Å². The number of aliphatic hydroxyl groups excluding tert-OH is 1. The molecule has 0 amide bonds. The monoisotopic (exact) mass is 222 g/mol. The molecule has 88 valence electrons. The van der Waals surface area contributed by atoms with Crippen molar-refractivity contribution in [2.24, 2.45) is 0 Å². The first-order valence-corrected chi connectivity index (χ1v) is 5.52. The molecular formula is C13H18O3. The second kappa shape index (κ2) is 6.28. The van der Waals surface area contributed by atoms with E-state index in [1.165, 1.54) is 0 Å². The molecule has 1 atom stereocenters. The van der Waals surface area contributed by atoms with Gasteiger partial charge >= 0.3 is 5.97 Å². The Morgan fingerprint density at radius 2 is 1.94 bits per heavy atom. The molecule has 1 aromatic rings. The van der Waals surface area contributed by atoms with Crippen LogP contribution in [0.1, 0.15) is 25.8 Å². The molecule has 0 unspecified atom stereocenters. The van der Waals surface area contributed by atoms with Crippen LogP contribution in [0, 0.1) is 0 Å². The van der Waals surface area contributed by atoms with E-state index in [1.54, 1.807) is 13.8 Å². The summed E-state index contributed by atoms with van der Waals surface area (Å²) in [6.07, 6.45) is -0.133. The van der Waals surface area contributed by atoms with Crippen molar-refractivity contribution in [2.45, 2.75) is 38.9 Å². The molecule has 3 heteroatoms. The Balaban J connectivity index is 2.35. The number of hydrogen-bond acceptors (Lipinski definition) is 3. The fourth-order valence-corrected chi connectivity index (χ4v) is 1.38. The second-order valence-corrected chi connectivity index (χ2v) is 4.03. The number of rotatable bonds is 5. The van der Waals surface area contributed by atoms with Gasteiger partial charge in [0.15, 0.2) is 6.10 Å². The number of ether oxygens (including phenoxy) is 1. The predicted octanol–water partition coefficient (Wildman–Crippen LogP) is 1.93. The first-order chi connectivity index (χ1) is 7.59. The Morgan fingerprint density at radius 3 is 2.50 bits per heavy atom. The van der Waals surface area contributed by atoms with E-state index < -0.39 is 12.1 Å². The summed E-state index contributed by atoms with van der Waals surface area (Å²) < 4.78 is 4.91. The number of benzene rings is 1. The molecule has 1 N–H and O–H groups in total. The quantitative estimate of drug-likeness (QED) is 0.774. The van der Waals surface area contributed by atoms with Crippen molar-refractivity contribution in [1.82, 2.24) is 0 Å². The molecule has 0 aliphatic heterocycles. The number of carbonyl (C=O) groups excluding carboxylic acids is 1. The summed E-state index contributed by atoms with van der Waals surface area (Å²) in [5, 5.41) is 9.55. The van der Waals surface area contributed by atoms with Gasteiger partial charge in [-0.1, -0.05) is 30.3 Å². The van der Waals surface area contributed by atoms with E-state index in [1.807, 2.05) is 30.3 Å². The number of hydrogen-bond donors (Lipinski definition) is 1. The van der Waals surface area contributed by atoms with E-state index in [4.69, 9.17) is 4.74 Å². The zero-order valence-corrected chi connectivity index (χ0v) is 9.72. The van der Waals surface area contributed by atoms with Crippen LogP contribution in [-0.4, -0.2) is 23.3 Å². The summed E-state index contributed by atoms with van der Waals surface area (Å²) in [6.45, 7) is 3.53. The van der Waals surface area contributed by atoms with Gasteiger partial charge in [0.1, 0.15) is 0 Å². The summed E-state index contributed by atoms with van der Waals surface area (Å²) in [5.74, 6) is -0.536. The van der Waals surface area contributed by atoms with Gasteiger partial charge < -0.3 is 9.84 Å². The molecule has 0 aliphatic rings. The maximum atomic E-state index is 11.3. The lowest BCUT2D eigenvalue weighted by Gasteiger charge is -2.12. The summed E-state index contributed by atoms with van der Waals surface area (Å²) in [5.41, 5.74) is 1.11. The molecule has 0 saturated heterocycles. The van der Waals surface area contributed by atoms with Crippen LogP contribution in [0.3, 0.4) is 0 Å². The van der Waals surface area contributed by atoms with Crippen molar-refractivity contribution >= 4 is 5.97 Å². The van der Waals surface area contributed by atoms with E-state index in [0.29, 0.717) is 12.8 Å². The topological polar surface area (TPSA) is 46.5 Å². The van der Waals surface area contributed by atoms with Crippen LogP contribution in [0.25, 0.3) is 0 Å². The van der Waals surface area contributed by atoms with E-state index in [9.17, 15) is 9.90 Å². The van der Waals surface area contributed by atoms with Crippen LogP contribution >= 0.6 is 0 Å². The molecular weight excluding hydrogens is 204 g/mol. The lowest BCUT2D eigenvalue weighted by molar-refractivity contribution is -0.157. The third kappa shape index (κ3) is 4.45. The van der Waals surface area contributed by atoms with Gasteiger partial charge in [-0.2, -0.15) is 0 Å². The molecule has 0 heterocycles. The Hall–Kier alpha value is -1.35. The van der Waals surface area contributed by atoms with Crippen molar-refractivity contribution in [3.63, 3.8) is 0 Å². The van der Waals surface area contributed by atoms with Crippen LogP contribution in [0.4, 0.5) is 0 Å². The van der Waals surface area contributed by atoms with Gasteiger partial charge in [0.2, 0.25) is 0 Å². The maximum absolute atomic E-state index is 11.3. The van der Waals surface area contributed by atoms with Crippen molar-refractivity contribution in [3.8, 4) is 0 Å². The lowest BCUT2D eigenvalue weighted by atomic mass is 10.1. The normalized spacial score (nSPS) is 12.5. The summed E-state index contributed by atoms with van der Waals surface area (Å²) in [6, 6.07) is 9.76. The zero-order valence-electron chi connectivity index (χ0n) is 9.72. The minimum Gasteiger partial charge on any atom is -0.461 e. The average Bonchev–Trinajstić information content (AvgIpc) is 2.26. The third-order valence-corrected chi connectivity index (χ3v) is 2.17. The predicted molar refractivity (Wildman–Crippen MR) is 62.0 cm³/mol. The third-order valence-electron chi connectivity index (χ3n) is 2.17. The molecule has 0 aromatic heterocycles. The number of carbonyl (C=O) groups is 1. The van der Waals surface area contributed by atoms with Gasteiger partial charge in [0.05, 0.1) is 6.10 Å². The molecule has 16 heavy (non-hydrogen) atoms. The first-order valence-electron chi connectivity index (χ1n) is 5.52. The number of aliphatic hydroxyl groups is 1. The first kappa shape index (κ1) is 12.7. The number of aryl methyl sites for hydroxylation is 1. The molecule has 1 rings (SSSR count). The smallest absolute Gasteiger partial charge is 0.335 e. The van der Waals surface area contributed by atoms with Gasteiger partial charge in [-0.25, -0.2) is 4.79 Å². The van der Waals surface area contributed by atoms with Gasteiger partial charge in [-0.3, -0.25) is 0 Å². The highest BCUT2D eigenvalue weighted by atomic mass is 16.6. The number of esters is 1. The summed E-state index contributed by atoms with van der Waals surface area (Å²) in [4.78, 5) is 11.3. The maximum Gasteiger partial charge on any atom is 0.335 e. The van der Waals surface area contributed by atoms with Crippen LogP contribution in [-0.2, 0) is 16.0 Å². The highest BCUT2D eigenvalue weighted by molar-refractivity contribution is 5.74. The van der Waals surface area contributed by atoms with E-state index in [-0.39, 0.29) is 6.10 Å². The van der Waals surface area contributed by atoms with Crippen LogP contribution < -0.4 is 0 Å². The largest absolute Gasteiger partial charge is 0.461 e. The van der Waals surface area contributed by atoms with Crippen molar-refractivity contribution in [2.75, 3.05) is 0 Å².